The van der Waals surface area contributed by atoms with Crippen molar-refractivity contribution in [3.63, 3.8) is 0 Å². The van der Waals surface area contributed by atoms with E-state index < -0.39 is 0 Å². The molecule has 0 aliphatic carbocycles. The molecule has 13 aromatic rings. The summed E-state index contributed by atoms with van der Waals surface area (Å²) >= 11 is 1.90. The number of nitrogens with zero attached hydrogens (tertiary/aromatic N) is 1. The van der Waals surface area contributed by atoms with Gasteiger partial charge in [0.2, 0.25) is 0 Å². The second-order valence-corrected chi connectivity index (χ2v) is 18.7. The van der Waals surface area contributed by atoms with E-state index in [2.05, 4.69) is 266 Å². The normalized spacial score (nSPS) is 11.5. The Balaban J connectivity index is 0.930. The van der Waals surface area contributed by atoms with Crippen LogP contribution in [0.5, 0.6) is 0 Å². The van der Waals surface area contributed by atoms with Gasteiger partial charge in [-0.25, -0.2) is 0 Å². The van der Waals surface area contributed by atoms with Crippen molar-refractivity contribution in [2.24, 2.45) is 0 Å². The lowest BCUT2D eigenvalue weighted by molar-refractivity contribution is 1.30. The molecule has 0 radical (unpaired) electrons. The Kier molecular flexibility index (Phi) is 9.77. The third-order valence-electron chi connectivity index (χ3n) is 13.6. The largest absolute Gasteiger partial charge is 0.309 e. The van der Waals surface area contributed by atoms with Gasteiger partial charge in [0.1, 0.15) is 0 Å². The highest BCUT2D eigenvalue weighted by atomic mass is 32.1. The fourth-order valence-electron chi connectivity index (χ4n) is 10.2. The average Bonchev–Trinajstić information content (AvgIpc) is 3.82. The molecule has 68 heavy (non-hydrogen) atoms. The van der Waals surface area contributed by atoms with Crippen LogP contribution in [0.25, 0.3) is 108 Å². The summed E-state index contributed by atoms with van der Waals surface area (Å²) in [5.41, 5.74) is 15.5. The van der Waals surface area contributed by atoms with E-state index in [1.165, 1.54) is 108 Å². The Morgan fingerprint density at radius 3 is 1.32 bits per heavy atom. The van der Waals surface area contributed by atoms with Crippen molar-refractivity contribution in [3.05, 3.63) is 261 Å². The molecule has 12 aromatic carbocycles. The van der Waals surface area contributed by atoms with Gasteiger partial charge in [0, 0.05) is 32.4 Å². The molecular weight excluding hydrogens is 839 g/mol. The predicted octanol–water partition coefficient (Wildman–Crippen LogP) is 19.3. The van der Waals surface area contributed by atoms with Gasteiger partial charge in [-0.15, -0.1) is 11.3 Å². The van der Waals surface area contributed by atoms with Gasteiger partial charge in [-0.05, 0) is 137 Å². The molecule has 0 saturated carbocycles. The molecule has 1 heterocycles. The maximum Gasteiger partial charge on any atom is 0.0640 e. The fraction of sp³-hybridized carbons (Fsp3) is 0. The minimum Gasteiger partial charge on any atom is -0.309 e. The molecule has 0 unspecified atom stereocenters. The van der Waals surface area contributed by atoms with E-state index in [0.29, 0.717) is 0 Å². The van der Waals surface area contributed by atoms with Crippen LogP contribution in [0.4, 0.5) is 17.1 Å². The highest BCUT2D eigenvalue weighted by molar-refractivity contribution is 7.27. The van der Waals surface area contributed by atoms with E-state index in [9.17, 15) is 0 Å². The standard InChI is InChI=1S/C66H43NS/c1-3-15-46(16-4-1)58-21-11-12-22-59(58)48-34-38-57(39-35-48)67(63-25-13-24-61-64-60-23-10-9-20-55(60)43-62(66(64)68-65(61)63)47-17-5-2-6-18-47)56-36-32-45(33-37-56)50-28-29-53-42-54(31-30-52(53)41-50)51-27-26-44-14-7-8-19-49(44)40-51/h1-43H. The molecule has 0 saturated heterocycles. The number of fused-ring (bicyclic) bond motifs is 7. The fourth-order valence-corrected chi connectivity index (χ4v) is 11.6. The summed E-state index contributed by atoms with van der Waals surface area (Å²) in [6.45, 7) is 0. The summed E-state index contributed by atoms with van der Waals surface area (Å²) in [6.07, 6.45) is 0. The molecule has 13 rings (SSSR count). The van der Waals surface area contributed by atoms with Crippen molar-refractivity contribution in [2.45, 2.75) is 0 Å². The van der Waals surface area contributed by atoms with Gasteiger partial charge < -0.3 is 4.90 Å². The highest BCUT2D eigenvalue weighted by Crippen LogP contribution is 2.50. The monoisotopic (exact) mass is 881 g/mol. The first kappa shape index (κ1) is 39.8. The lowest BCUT2D eigenvalue weighted by Crippen LogP contribution is -2.10. The number of rotatable bonds is 8. The van der Waals surface area contributed by atoms with Gasteiger partial charge in [-0.2, -0.15) is 0 Å². The second kappa shape index (κ2) is 16.7. The lowest BCUT2D eigenvalue weighted by atomic mass is 9.94. The minimum absolute atomic E-state index is 1.10. The van der Waals surface area contributed by atoms with Crippen molar-refractivity contribution in [1.82, 2.24) is 0 Å². The Labute approximate surface area is 400 Å². The Bertz CT molecular complexity index is 4000. The van der Waals surface area contributed by atoms with Crippen LogP contribution < -0.4 is 4.90 Å². The summed E-state index contributed by atoms with van der Waals surface area (Å²) in [5.74, 6) is 0. The second-order valence-electron chi connectivity index (χ2n) is 17.7. The van der Waals surface area contributed by atoms with Gasteiger partial charge in [-0.1, -0.05) is 206 Å². The van der Waals surface area contributed by atoms with Gasteiger partial charge in [0.05, 0.1) is 10.4 Å². The van der Waals surface area contributed by atoms with E-state index in [-0.39, 0.29) is 0 Å². The maximum atomic E-state index is 2.45. The number of anilines is 3. The van der Waals surface area contributed by atoms with E-state index in [0.717, 1.165) is 17.1 Å². The van der Waals surface area contributed by atoms with E-state index in [4.69, 9.17) is 0 Å². The van der Waals surface area contributed by atoms with Crippen molar-refractivity contribution >= 4 is 80.9 Å². The van der Waals surface area contributed by atoms with E-state index in [1.54, 1.807) is 0 Å². The van der Waals surface area contributed by atoms with Gasteiger partial charge >= 0.3 is 0 Å². The Morgan fingerprint density at radius 1 is 0.250 bits per heavy atom. The smallest absolute Gasteiger partial charge is 0.0640 e. The number of benzene rings is 12. The van der Waals surface area contributed by atoms with Crippen molar-refractivity contribution in [1.29, 1.82) is 0 Å². The first-order valence-corrected chi connectivity index (χ1v) is 24.1. The van der Waals surface area contributed by atoms with Crippen LogP contribution in [-0.4, -0.2) is 0 Å². The van der Waals surface area contributed by atoms with Crippen molar-refractivity contribution in [2.75, 3.05) is 4.90 Å². The first-order chi connectivity index (χ1) is 33.7. The molecule has 0 N–H and O–H groups in total. The van der Waals surface area contributed by atoms with Crippen molar-refractivity contribution < 1.29 is 0 Å². The highest BCUT2D eigenvalue weighted by Gasteiger charge is 2.22. The van der Waals surface area contributed by atoms with Crippen LogP contribution in [0.15, 0.2) is 261 Å². The Hall–Kier alpha value is -8.56. The van der Waals surface area contributed by atoms with Crippen LogP contribution in [0.2, 0.25) is 0 Å². The van der Waals surface area contributed by atoms with Crippen LogP contribution in [-0.2, 0) is 0 Å². The van der Waals surface area contributed by atoms with Gasteiger partial charge in [0.15, 0.2) is 0 Å². The molecule has 0 aliphatic rings. The SMILES string of the molecule is c1ccc(-c2ccccc2-c2ccc(N(c3ccc(-c4ccc5cc(-c6ccc7ccccc7c6)ccc5c4)cc3)c3cccc4c3sc3c(-c5ccccc5)cc5ccccc5c34)cc2)cc1. The zero-order valence-electron chi connectivity index (χ0n) is 37.2. The zero-order valence-corrected chi connectivity index (χ0v) is 38.0. The summed E-state index contributed by atoms with van der Waals surface area (Å²) in [4.78, 5) is 2.45. The molecule has 1 nitrogen and oxygen atoms in total. The molecular formula is C66H43NS. The third-order valence-corrected chi connectivity index (χ3v) is 14.9. The van der Waals surface area contributed by atoms with E-state index >= 15 is 0 Å². The van der Waals surface area contributed by atoms with Crippen LogP contribution in [0.3, 0.4) is 0 Å². The molecule has 0 bridgehead atoms. The number of thiophene rings is 1. The van der Waals surface area contributed by atoms with Crippen LogP contribution in [0.1, 0.15) is 0 Å². The molecule has 0 atom stereocenters. The zero-order chi connectivity index (χ0) is 45.0. The molecule has 0 spiro atoms. The van der Waals surface area contributed by atoms with Crippen LogP contribution in [0, 0.1) is 0 Å². The maximum absolute atomic E-state index is 2.45. The third kappa shape index (κ3) is 7.02. The minimum atomic E-state index is 1.10. The first-order valence-electron chi connectivity index (χ1n) is 23.3. The predicted molar refractivity (Wildman–Crippen MR) is 294 cm³/mol. The molecule has 2 heteroatoms. The topological polar surface area (TPSA) is 3.24 Å². The molecule has 1 aromatic heterocycles. The molecule has 0 amide bonds. The Morgan fingerprint density at radius 2 is 0.691 bits per heavy atom. The van der Waals surface area contributed by atoms with Crippen molar-refractivity contribution in [3.8, 4) is 55.6 Å². The lowest BCUT2D eigenvalue weighted by Gasteiger charge is -2.26. The summed E-state index contributed by atoms with van der Waals surface area (Å²) in [5, 5.41) is 10.1. The van der Waals surface area contributed by atoms with Gasteiger partial charge in [0.25, 0.3) is 0 Å². The quantitative estimate of drug-likeness (QED) is 0.147. The molecule has 318 valence electrons. The van der Waals surface area contributed by atoms with E-state index in [1.807, 2.05) is 11.3 Å². The molecule has 0 fully saturated rings. The average molecular weight is 882 g/mol. The summed E-state index contributed by atoms with van der Waals surface area (Å²) in [6, 6.07) is 95.6. The summed E-state index contributed by atoms with van der Waals surface area (Å²) < 4.78 is 2.57. The summed E-state index contributed by atoms with van der Waals surface area (Å²) in [7, 11) is 0. The number of hydrogen-bond donors (Lipinski definition) is 0. The van der Waals surface area contributed by atoms with Crippen LogP contribution >= 0.6 is 11.3 Å². The number of hydrogen-bond acceptors (Lipinski definition) is 2. The van der Waals surface area contributed by atoms with Gasteiger partial charge in [-0.3, -0.25) is 0 Å². The molecule has 0 aliphatic heterocycles.